The van der Waals surface area contributed by atoms with Crippen molar-refractivity contribution < 1.29 is 5.11 Å². The molecule has 1 atom stereocenters. The topological polar surface area (TPSA) is 38.0 Å². The molecule has 0 bridgehead atoms. The summed E-state index contributed by atoms with van der Waals surface area (Å²) in [7, 11) is 0. The van der Waals surface area contributed by atoms with Crippen molar-refractivity contribution in [1.29, 1.82) is 0 Å². The first-order valence-corrected chi connectivity index (χ1v) is 4.85. The molecule has 0 amide bonds. The number of aromatic nitrogens is 2. The van der Waals surface area contributed by atoms with E-state index >= 15 is 0 Å². The Morgan fingerprint density at radius 1 is 1.62 bits per heavy atom. The standard InChI is InChI=1S/C7H9Cl3N2O/c1-2-12-4-5(3-11-12)6(13)7(8,9)10/h3-4,6,13H,2H2,1H3. The third-order valence-electron chi connectivity index (χ3n) is 1.60. The summed E-state index contributed by atoms with van der Waals surface area (Å²) >= 11 is 16.5. The smallest absolute Gasteiger partial charge is 0.220 e. The Morgan fingerprint density at radius 3 is 2.62 bits per heavy atom. The Labute approximate surface area is 91.2 Å². The van der Waals surface area contributed by atoms with Gasteiger partial charge in [0.15, 0.2) is 0 Å². The van der Waals surface area contributed by atoms with Gasteiger partial charge in [-0.3, -0.25) is 4.68 Å². The van der Waals surface area contributed by atoms with Gasteiger partial charge in [-0.2, -0.15) is 5.10 Å². The number of rotatable bonds is 2. The molecule has 0 radical (unpaired) electrons. The lowest BCUT2D eigenvalue weighted by Crippen LogP contribution is -2.15. The second-order valence-corrected chi connectivity index (χ2v) is 4.94. The average Bonchev–Trinajstić information content (AvgIpc) is 2.48. The van der Waals surface area contributed by atoms with Crippen molar-refractivity contribution in [1.82, 2.24) is 9.78 Å². The van der Waals surface area contributed by atoms with Crippen LogP contribution in [0.4, 0.5) is 0 Å². The van der Waals surface area contributed by atoms with E-state index in [1.54, 1.807) is 10.9 Å². The zero-order chi connectivity index (χ0) is 10.1. The van der Waals surface area contributed by atoms with Crippen LogP contribution >= 0.6 is 34.8 Å². The summed E-state index contributed by atoms with van der Waals surface area (Å²) in [5.41, 5.74) is 0.502. The van der Waals surface area contributed by atoms with E-state index in [1.807, 2.05) is 6.92 Å². The largest absolute Gasteiger partial charge is 0.384 e. The average molecular weight is 244 g/mol. The van der Waals surface area contributed by atoms with Crippen molar-refractivity contribution in [2.24, 2.45) is 0 Å². The van der Waals surface area contributed by atoms with Gasteiger partial charge in [-0.15, -0.1) is 0 Å². The normalized spacial score (nSPS) is 14.5. The number of halogens is 3. The molecular weight excluding hydrogens is 234 g/mol. The third-order valence-corrected chi connectivity index (χ3v) is 2.22. The zero-order valence-electron chi connectivity index (χ0n) is 6.91. The molecule has 1 unspecified atom stereocenters. The fraction of sp³-hybridized carbons (Fsp3) is 0.571. The van der Waals surface area contributed by atoms with Crippen LogP contribution in [0, 0.1) is 0 Å². The van der Waals surface area contributed by atoms with Gasteiger partial charge in [0.25, 0.3) is 0 Å². The van der Waals surface area contributed by atoms with Crippen molar-refractivity contribution in [3.8, 4) is 0 Å². The SMILES string of the molecule is CCn1cc(C(O)C(Cl)(Cl)Cl)cn1. The predicted molar refractivity (Wildman–Crippen MR) is 53.2 cm³/mol. The van der Waals surface area contributed by atoms with Gasteiger partial charge in [0.2, 0.25) is 3.79 Å². The Kier molecular flexibility index (Phi) is 3.46. The summed E-state index contributed by atoms with van der Waals surface area (Å²) in [5.74, 6) is 0. The number of nitrogens with zero attached hydrogens (tertiary/aromatic N) is 2. The minimum absolute atomic E-state index is 0.502. The molecule has 13 heavy (non-hydrogen) atoms. The van der Waals surface area contributed by atoms with Crippen LogP contribution in [0.5, 0.6) is 0 Å². The van der Waals surface area contributed by atoms with Gasteiger partial charge >= 0.3 is 0 Å². The second kappa shape index (κ2) is 4.05. The molecule has 0 saturated heterocycles. The van der Waals surface area contributed by atoms with Gasteiger partial charge in [-0.25, -0.2) is 0 Å². The molecule has 1 aromatic heterocycles. The van der Waals surface area contributed by atoms with E-state index in [1.165, 1.54) is 6.20 Å². The molecule has 0 aromatic carbocycles. The summed E-state index contributed by atoms with van der Waals surface area (Å²) in [6.07, 6.45) is 1.99. The second-order valence-electron chi connectivity index (χ2n) is 2.57. The van der Waals surface area contributed by atoms with E-state index in [2.05, 4.69) is 5.10 Å². The van der Waals surface area contributed by atoms with E-state index in [0.717, 1.165) is 0 Å². The van der Waals surface area contributed by atoms with Gasteiger partial charge in [0.1, 0.15) is 6.10 Å². The van der Waals surface area contributed by atoms with Crippen molar-refractivity contribution in [3.05, 3.63) is 18.0 Å². The maximum absolute atomic E-state index is 9.52. The summed E-state index contributed by atoms with van der Waals surface area (Å²) in [6, 6.07) is 0. The molecule has 0 aliphatic carbocycles. The molecule has 1 heterocycles. The number of hydrogen-bond acceptors (Lipinski definition) is 2. The van der Waals surface area contributed by atoms with E-state index in [-0.39, 0.29) is 0 Å². The van der Waals surface area contributed by atoms with Crippen LogP contribution in [-0.4, -0.2) is 18.7 Å². The van der Waals surface area contributed by atoms with Gasteiger partial charge in [-0.05, 0) is 6.92 Å². The number of aliphatic hydroxyl groups is 1. The van der Waals surface area contributed by atoms with Crippen molar-refractivity contribution >= 4 is 34.8 Å². The van der Waals surface area contributed by atoms with Crippen LogP contribution < -0.4 is 0 Å². The summed E-state index contributed by atoms with van der Waals surface area (Å²) < 4.78 is -0.0590. The molecule has 0 spiro atoms. The molecule has 0 aliphatic heterocycles. The maximum Gasteiger partial charge on any atom is 0.220 e. The van der Waals surface area contributed by atoms with Crippen molar-refractivity contribution in [3.63, 3.8) is 0 Å². The van der Waals surface area contributed by atoms with Crippen molar-refractivity contribution in [2.75, 3.05) is 0 Å². The third kappa shape index (κ3) is 2.74. The first-order valence-electron chi connectivity index (χ1n) is 3.72. The molecule has 6 heteroatoms. The molecule has 3 nitrogen and oxygen atoms in total. The predicted octanol–water partition coefficient (Wildman–Crippen LogP) is 2.31. The number of aryl methyl sites for hydroxylation is 1. The van der Waals surface area contributed by atoms with E-state index in [9.17, 15) is 5.11 Å². The number of aliphatic hydroxyl groups excluding tert-OH is 1. The lowest BCUT2D eigenvalue weighted by Gasteiger charge is -2.16. The van der Waals surface area contributed by atoms with Crippen LogP contribution in [0.2, 0.25) is 0 Å². The zero-order valence-corrected chi connectivity index (χ0v) is 9.18. The Balaban J connectivity index is 2.83. The van der Waals surface area contributed by atoms with Crippen LogP contribution in [0.1, 0.15) is 18.6 Å². The Morgan fingerprint density at radius 2 is 2.23 bits per heavy atom. The summed E-state index contributed by atoms with van der Waals surface area (Å²) in [5, 5.41) is 13.5. The van der Waals surface area contributed by atoms with Crippen LogP contribution in [0.3, 0.4) is 0 Å². The lowest BCUT2D eigenvalue weighted by atomic mass is 10.2. The van der Waals surface area contributed by atoms with Crippen LogP contribution in [0.15, 0.2) is 12.4 Å². The Bertz CT molecular complexity index is 282. The van der Waals surface area contributed by atoms with Crippen LogP contribution in [-0.2, 0) is 6.54 Å². The van der Waals surface area contributed by atoms with Crippen molar-refractivity contribution in [2.45, 2.75) is 23.4 Å². The quantitative estimate of drug-likeness (QED) is 0.810. The minimum atomic E-state index is -1.71. The maximum atomic E-state index is 9.52. The van der Waals surface area contributed by atoms with E-state index < -0.39 is 9.90 Å². The lowest BCUT2D eigenvalue weighted by molar-refractivity contribution is 0.182. The first-order chi connectivity index (χ1) is 5.95. The van der Waals surface area contributed by atoms with Gasteiger partial charge < -0.3 is 5.11 Å². The van der Waals surface area contributed by atoms with Crippen LogP contribution in [0.25, 0.3) is 0 Å². The summed E-state index contributed by atoms with van der Waals surface area (Å²) in [6.45, 7) is 2.64. The molecule has 0 aliphatic rings. The monoisotopic (exact) mass is 242 g/mol. The number of hydrogen-bond donors (Lipinski definition) is 1. The fourth-order valence-corrected chi connectivity index (χ4v) is 1.26. The molecule has 74 valence electrons. The molecule has 1 rings (SSSR count). The summed E-state index contributed by atoms with van der Waals surface area (Å²) in [4.78, 5) is 0. The number of alkyl halides is 3. The molecule has 1 aromatic rings. The highest BCUT2D eigenvalue weighted by Gasteiger charge is 2.32. The highest BCUT2D eigenvalue weighted by atomic mass is 35.6. The molecule has 1 N–H and O–H groups in total. The first kappa shape index (κ1) is 11.1. The highest BCUT2D eigenvalue weighted by Crippen LogP contribution is 2.39. The van der Waals surface area contributed by atoms with Gasteiger partial charge in [-0.1, -0.05) is 34.8 Å². The van der Waals surface area contributed by atoms with Gasteiger partial charge in [0.05, 0.1) is 6.20 Å². The Hall–Kier alpha value is 0.0400. The molecule has 0 saturated carbocycles. The molecular formula is C7H9Cl3N2O. The van der Waals surface area contributed by atoms with E-state index in [0.29, 0.717) is 12.1 Å². The van der Waals surface area contributed by atoms with E-state index in [4.69, 9.17) is 34.8 Å². The van der Waals surface area contributed by atoms with Gasteiger partial charge in [0, 0.05) is 18.3 Å². The minimum Gasteiger partial charge on any atom is -0.384 e. The molecule has 0 fully saturated rings. The highest BCUT2D eigenvalue weighted by molar-refractivity contribution is 6.67. The fourth-order valence-electron chi connectivity index (χ4n) is 0.883.